The molecule has 1 spiro atoms. The largest absolute Gasteiger partial charge is 0.481 e. The summed E-state index contributed by atoms with van der Waals surface area (Å²) in [5, 5.41) is 82.8. The van der Waals surface area contributed by atoms with Crippen molar-refractivity contribution in [3.05, 3.63) is 12.2 Å². The minimum atomic E-state index is -1.76. The van der Waals surface area contributed by atoms with Crippen molar-refractivity contribution in [2.24, 2.45) is 28.1 Å². The molecular weight excluding hydrogens is 592 g/mol. The molecule has 2 bridgehead atoms. The first-order valence-electron chi connectivity index (χ1n) is 16.3. The van der Waals surface area contributed by atoms with Crippen LogP contribution in [0.15, 0.2) is 12.2 Å². The fourth-order valence-electron chi connectivity index (χ4n) is 10.6. The molecule has 2 saturated heterocycles. The molecule has 0 amide bonds. The van der Waals surface area contributed by atoms with E-state index in [1.165, 1.54) is 0 Å². The summed E-state index contributed by atoms with van der Waals surface area (Å²) in [4.78, 5) is 12.5. The maximum atomic E-state index is 12.5. The van der Waals surface area contributed by atoms with Gasteiger partial charge in [0, 0.05) is 0 Å². The molecule has 256 valence electrons. The number of carbonyl (C=O) groups is 1. The second-order valence-corrected chi connectivity index (χ2v) is 15.2. The van der Waals surface area contributed by atoms with E-state index in [2.05, 4.69) is 13.5 Å². The first kappa shape index (κ1) is 33.7. The number of carboxylic acid groups (broad SMARTS) is 1. The highest BCUT2D eigenvalue weighted by molar-refractivity contribution is 5.75. The van der Waals surface area contributed by atoms with E-state index in [-0.39, 0.29) is 22.7 Å². The standard InChI is InChI=1S/C32H50O13/c1-15-11-31-9-5-18-29(2,7-4-8-30(18,3)28(40)41)19(31)6-10-32(15,14-31)45-27-25(23(38)21(36)17(13-34)43-27)44-26-24(39)22(37)20(35)16(12-33)42-26/h16-27,33-39H,1,4-14H2,2-3H3,(H,40,41)/t16?,17-,18+,19+,20-,21-,22?,23+,24?,25-,26+,27?,29-,30-,31+,32-/m1/s1. The Hall–Kier alpha value is -1.23. The van der Waals surface area contributed by atoms with Gasteiger partial charge in [0.25, 0.3) is 0 Å². The SMILES string of the molecule is C=C1C[C@]23CC[C@H]4[C@@](C)(CCC[C@@]4(C)C(=O)O)[C@@H]2CC[C@@]1(OC1O[C@H](CO)[C@@H](O)[C@H](O)[C@H]1O[C@@H]1OC(CO)[C@@H](O)C(O)C1O)C3. The Morgan fingerprint density at radius 3 is 2.11 bits per heavy atom. The molecule has 45 heavy (non-hydrogen) atoms. The molecule has 2 heterocycles. The molecule has 2 aliphatic heterocycles. The van der Waals surface area contributed by atoms with Crippen molar-refractivity contribution in [2.75, 3.05) is 13.2 Å². The summed E-state index contributed by atoms with van der Waals surface area (Å²) in [7, 11) is 0. The zero-order valence-corrected chi connectivity index (χ0v) is 26.0. The monoisotopic (exact) mass is 642 g/mol. The highest BCUT2D eigenvalue weighted by Crippen LogP contribution is 2.73. The van der Waals surface area contributed by atoms with Crippen molar-refractivity contribution in [2.45, 2.75) is 139 Å². The molecule has 4 unspecified atom stereocenters. The number of hydrogen-bond acceptors (Lipinski definition) is 12. The molecule has 16 atom stereocenters. The third kappa shape index (κ3) is 5.04. The average molecular weight is 643 g/mol. The van der Waals surface area contributed by atoms with E-state index in [0.29, 0.717) is 25.7 Å². The maximum absolute atomic E-state index is 12.5. The molecule has 13 heteroatoms. The van der Waals surface area contributed by atoms with Crippen LogP contribution in [-0.2, 0) is 23.7 Å². The van der Waals surface area contributed by atoms with Crippen molar-refractivity contribution < 1.29 is 64.6 Å². The Morgan fingerprint density at radius 2 is 1.47 bits per heavy atom. The molecule has 4 saturated carbocycles. The minimum Gasteiger partial charge on any atom is -0.481 e. The van der Waals surface area contributed by atoms with Gasteiger partial charge in [-0.05, 0) is 86.5 Å². The van der Waals surface area contributed by atoms with E-state index in [9.17, 15) is 45.6 Å². The van der Waals surface area contributed by atoms with Gasteiger partial charge in [-0.25, -0.2) is 0 Å². The van der Waals surface area contributed by atoms with Gasteiger partial charge in [-0.3, -0.25) is 4.79 Å². The summed E-state index contributed by atoms with van der Waals surface area (Å²) < 4.78 is 24.1. The predicted octanol–water partition coefficient (Wildman–Crippen LogP) is -0.197. The van der Waals surface area contributed by atoms with Gasteiger partial charge in [0.15, 0.2) is 12.6 Å². The zero-order chi connectivity index (χ0) is 32.7. The quantitative estimate of drug-likeness (QED) is 0.134. The van der Waals surface area contributed by atoms with Crippen molar-refractivity contribution in [1.29, 1.82) is 0 Å². The Labute approximate surface area is 262 Å². The predicted molar refractivity (Wildman–Crippen MR) is 154 cm³/mol. The third-order valence-electron chi connectivity index (χ3n) is 12.9. The van der Waals surface area contributed by atoms with Crippen LogP contribution < -0.4 is 0 Å². The average Bonchev–Trinajstić information content (AvgIpc) is 3.19. The first-order chi connectivity index (χ1) is 21.2. The van der Waals surface area contributed by atoms with Crippen molar-refractivity contribution in [3.63, 3.8) is 0 Å². The lowest BCUT2D eigenvalue weighted by atomic mass is 9.41. The minimum absolute atomic E-state index is 0.0640. The van der Waals surface area contributed by atoms with Gasteiger partial charge in [-0.2, -0.15) is 0 Å². The molecule has 0 aromatic rings. The van der Waals surface area contributed by atoms with Crippen molar-refractivity contribution in [3.8, 4) is 0 Å². The van der Waals surface area contributed by atoms with Crippen LogP contribution >= 0.6 is 0 Å². The van der Waals surface area contributed by atoms with E-state index < -0.39 is 91.6 Å². The van der Waals surface area contributed by atoms with Gasteiger partial charge < -0.3 is 59.8 Å². The molecule has 6 fully saturated rings. The number of rotatable bonds is 7. The number of aliphatic carboxylic acids is 1. The lowest BCUT2D eigenvalue weighted by molar-refractivity contribution is -0.378. The van der Waals surface area contributed by atoms with Crippen LogP contribution in [0.5, 0.6) is 0 Å². The van der Waals surface area contributed by atoms with Gasteiger partial charge in [-0.1, -0.05) is 19.9 Å². The molecule has 8 N–H and O–H groups in total. The van der Waals surface area contributed by atoms with Crippen LogP contribution in [0.2, 0.25) is 0 Å². The van der Waals surface area contributed by atoms with Gasteiger partial charge in [0.2, 0.25) is 0 Å². The van der Waals surface area contributed by atoms with Crippen LogP contribution in [0.25, 0.3) is 0 Å². The first-order valence-corrected chi connectivity index (χ1v) is 16.3. The maximum Gasteiger partial charge on any atom is 0.309 e. The molecule has 6 rings (SSSR count). The number of fused-ring (bicyclic) bond motifs is 3. The van der Waals surface area contributed by atoms with Crippen LogP contribution in [0, 0.1) is 28.1 Å². The highest BCUT2D eigenvalue weighted by atomic mass is 16.8. The smallest absolute Gasteiger partial charge is 0.309 e. The topological polar surface area (TPSA) is 216 Å². The Kier molecular flexibility index (Phi) is 8.77. The van der Waals surface area contributed by atoms with E-state index in [4.69, 9.17) is 18.9 Å². The number of ether oxygens (including phenoxy) is 4. The third-order valence-corrected chi connectivity index (χ3v) is 12.9. The highest BCUT2D eigenvalue weighted by Gasteiger charge is 2.69. The Balaban J connectivity index is 1.26. The fourth-order valence-corrected chi connectivity index (χ4v) is 10.6. The van der Waals surface area contributed by atoms with Crippen LogP contribution in [0.1, 0.15) is 71.6 Å². The fraction of sp³-hybridized carbons (Fsp3) is 0.906. The molecule has 0 aromatic heterocycles. The van der Waals surface area contributed by atoms with Crippen molar-refractivity contribution >= 4 is 5.97 Å². The summed E-state index contributed by atoms with van der Waals surface area (Å²) in [6.07, 6.45) is -8.44. The van der Waals surface area contributed by atoms with E-state index >= 15 is 0 Å². The normalized spacial score (nSPS) is 54.7. The van der Waals surface area contributed by atoms with E-state index in [1.807, 2.05) is 6.92 Å². The summed E-state index contributed by atoms with van der Waals surface area (Å²) in [5.74, 6) is -0.392. The van der Waals surface area contributed by atoms with E-state index in [1.54, 1.807) is 0 Å². The summed E-state index contributed by atoms with van der Waals surface area (Å²) in [6, 6.07) is 0. The zero-order valence-electron chi connectivity index (χ0n) is 26.0. The van der Waals surface area contributed by atoms with Crippen molar-refractivity contribution in [1.82, 2.24) is 0 Å². The van der Waals surface area contributed by atoms with Crippen LogP contribution in [0.4, 0.5) is 0 Å². The second kappa shape index (κ2) is 11.7. The van der Waals surface area contributed by atoms with Crippen LogP contribution in [-0.4, -0.2) is 127 Å². The molecular formula is C32H50O13. The summed E-state index contributed by atoms with van der Waals surface area (Å²) >= 11 is 0. The number of carboxylic acids is 1. The lowest BCUT2D eigenvalue weighted by Crippen LogP contribution is -2.65. The van der Waals surface area contributed by atoms with Gasteiger partial charge in [0.05, 0.1) is 24.2 Å². The molecule has 4 aliphatic carbocycles. The Morgan fingerprint density at radius 1 is 0.844 bits per heavy atom. The molecule has 0 radical (unpaired) electrons. The van der Waals surface area contributed by atoms with Crippen LogP contribution in [0.3, 0.4) is 0 Å². The van der Waals surface area contributed by atoms with Gasteiger partial charge in [-0.15, -0.1) is 0 Å². The summed E-state index contributed by atoms with van der Waals surface area (Å²) in [6.45, 7) is 7.33. The number of aliphatic hydroxyl groups is 7. The molecule has 0 aromatic carbocycles. The molecule has 6 aliphatic rings. The van der Waals surface area contributed by atoms with E-state index in [0.717, 1.165) is 37.7 Å². The summed E-state index contributed by atoms with van der Waals surface area (Å²) in [5.41, 5.74) is -1.10. The molecule has 13 nitrogen and oxygen atoms in total. The lowest BCUT2D eigenvalue weighted by Gasteiger charge is -2.64. The Bertz CT molecular complexity index is 1150. The number of aliphatic hydroxyl groups excluding tert-OH is 7. The number of hydrogen-bond donors (Lipinski definition) is 8. The van der Waals surface area contributed by atoms with Gasteiger partial charge in [0.1, 0.15) is 48.8 Å². The van der Waals surface area contributed by atoms with Gasteiger partial charge >= 0.3 is 5.97 Å². The second-order valence-electron chi connectivity index (χ2n) is 15.2.